The van der Waals surface area contributed by atoms with Crippen molar-refractivity contribution in [2.45, 2.75) is 19.9 Å². The van der Waals surface area contributed by atoms with E-state index in [0.717, 1.165) is 13.1 Å². The van der Waals surface area contributed by atoms with Crippen molar-refractivity contribution in [2.24, 2.45) is 10.7 Å². The first kappa shape index (κ1) is 11.7. The van der Waals surface area contributed by atoms with Crippen LogP contribution in [0.5, 0.6) is 0 Å². The molecule has 0 spiro atoms. The highest BCUT2D eigenvalue weighted by Crippen LogP contribution is 2.28. The summed E-state index contributed by atoms with van der Waals surface area (Å²) in [5.41, 5.74) is 9.79. The van der Waals surface area contributed by atoms with Crippen molar-refractivity contribution in [3.8, 4) is 0 Å². The molecule has 90 valence electrons. The lowest BCUT2D eigenvalue weighted by Crippen LogP contribution is -2.36. The maximum Gasteiger partial charge on any atom is 0.192 e. The fourth-order valence-electron chi connectivity index (χ4n) is 2.35. The Labute approximate surface area is 103 Å². The van der Waals surface area contributed by atoms with Crippen molar-refractivity contribution in [3.05, 3.63) is 47.5 Å². The molecule has 1 aromatic carbocycles. The molecule has 2 N–H and O–H groups in total. The molecule has 1 aromatic rings. The molecule has 0 bridgehead atoms. The predicted octanol–water partition coefficient (Wildman–Crippen LogP) is 2.16. The van der Waals surface area contributed by atoms with Gasteiger partial charge in [-0.25, -0.2) is 0 Å². The topological polar surface area (TPSA) is 41.6 Å². The third kappa shape index (κ3) is 2.18. The Morgan fingerprint density at radius 2 is 2.29 bits per heavy atom. The number of nitrogens with zero attached hydrogens (tertiary/aromatic N) is 2. The van der Waals surface area contributed by atoms with Gasteiger partial charge in [0.1, 0.15) is 0 Å². The van der Waals surface area contributed by atoms with Gasteiger partial charge in [-0.15, -0.1) is 6.58 Å². The van der Waals surface area contributed by atoms with Crippen molar-refractivity contribution in [1.29, 1.82) is 0 Å². The summed E-state index contributed by atoms with van der Waals surface area (Å²) >= 11 is 0. The van der Waals surface area contributed by atoms with Crippen molar-refractivity contribution >= 4 is 5.96 Å². The summed E-state index contributed by atoms with van der Waals surface area (Å²) in [6.45, 7) is 9.50. The van der Waals surface area contributed by atoms with Gasteiger partial charge in [0.05, 0.1) is 12.6 Å². The van der Waals surface area contributed by atoms with Crippen molar-refractivity contribution in [1.82, 2.24) is 4.90 Å². The molecule has 1 heterocycles. The summed E-state index contributed by atoms with van der Waals surface area (Å²) in [5.74, 6) is 0.620. The standard InChI is InChI=1S/C14H19N3/c1-4-7-17-13(9-16-14(17)15)12-6-5-10(2)8-11(12)3/h4-6,8,13H,1,7,9H2,2-3H3,(H2,15,16). The Morgan fingerprint density at radius 3 is 2.94 bits per heavy atom. The molecule has 0 saturated heterocycles. The second-order valence-corrected chi connectivity index (χ2v) is 4.52. The highest BCUT2D eigenvalue weighted by Gasteiger charge is 2.27. The van der Waals surface area contributed by atoms with Crippen molar-refractivity contribution in [2.75, 3.05) is 13.1 Å². The Balaban J connectivity index is 2.31. The average Bonchev–Trinajstić information content (AvgIpc) is 2.62. The van der Waals surface area contributed by atoms with Crippen LogP contribution in [0.1, 0.15) is 22.7 Å². The molecule has 1 unspecified atom stereocenters. The molecule has 1 atom stereocenters. The van der Waals surface area contributed by atoms with Crippen molar-refractivity contribution in [3.63, 3.8) is 0 Å². The maximum absolute atomic E-state index is 5.90. The van der Waals surface area contributed by atoms with E-state index in [-0.39, 0.29) is 6.04 Å². The number of hydrogen-bond donors (Lipinski definition) is 1. The SMILES string of the molecule is C=CCN1C(N)=NCC1c1ccc(C)cc1C. The Morgan fingerprint density at radius 1 is 1.53 bits per heavy atom. The number of nitrogens with two attached hydrogens (primary N) is 1. The van der Waals surface area contributed by atoms with Gasteiger partial charge in [0.25, 0.3) is 0 Å². The number of aryl methyl sites for hydroxylation is 2. The van der Waals surface area contributed by atoms with Crippen LogP contribution in [0, 0.1) is 13.8 Å². The Bertz CT molecular complexity index is 463. The third-order valence-electron chi connectivity index (χ3n) is 3.21. The molecular formula is C14H19N3. The molecule has 2 rings (SSSR count). The predicted molar refractivity (Wildman–Crippen MR) is 72.0 cm³/mol. The number of aliphatic imine (C=N–C) groups is 1. The first-order valence-electron chi connectivity index (χ1n) is 5.88. The lowest BCUT2D eigenvalue weighted by molar-refractivity contribution is 0.379. The average molecular weight is 229 g/mol. The zero-order valence-electron chi connectivity index (χ0n) is 10.5. The van der Waals surface area contributed by atoms with Gasteiger partial charge in [0.15, 0.2) is 5.96 Å². The summed E-state index contributed by atoms with van der Waals surface area (Å²) in [5, 5.41) is 0. The fourth-order valence-corrected chi connectivity index (χ4v) is 2.35. The summed E-state index contributed by atoms with van der Waals surface area (Å²) in [4.78, 5) is 6.43. The van der Waals surface area contributed by atoms with Gasteiger partial charge in [-0.3, -0.25) is 4.99 Å². The largest absolute Gasteiger partial charge is 0.370 e. The van der Waals surface area contributed by atoms with Crippen LogP contribution in [0.2, 0.25) is 0 Å². The van der Waals surface area contributed by atoms with Crippen LogP contribution in [0.4, 0.5) is 0 Å². The van der Waals surface area contributed by atoms with Gasteiger partial charge in [-0.1, -0.05) is 29.8 Å². The van der Waals surface area contributed by atoms with Gasteiger partial charge < -0.3 is 10.6 Å². The minimum atomic E-state index is 0.258. The van der Waals surface area contributed by atoms with E-state index in [1.54, 1.807) is 0 Å². The van der Waals surface area contributed by atoms with E-state index >= 15 is 0 Å². The third-order valence-corrected chi connectivity index (χ3v) is 3.21. The lowest BCUT2D eigenvalue weighted by Gasteiger charge is -2.26. The first-order valence-corrected chi connectivity index (χ1v) is 5.88. The maximum atomic E-state index is 5.90. The molecule has 1 aliphatic rings. The van der Waals surface area contributed by atoms with E-state index < -0.39 is 0 Å². The molecular weight excluding hydrogens is 210 g/mol. The van der Waals surface area contributed by atoms with Crippen molar-refractivity contribution < 1.29 is 0 Å². The van der Waals surface area contributed by atoms with E-state index in [4.69, 9.17) is 5.73 Å². The van der Waals surface area contributed by atoms with E-state index in [9.17, 15) is 0 Å². The Hall–Kier alpha value is -1.77. The number of rotatable bonds is 3. The molecule has 0 saturated carbocycles. The molecule has 17 heavy (non-hydrogen) atoms. The van der Waals surface area contributed by atoms with E-state index in [1.807, 2.05) is 6.08 Å². The van der Waals surface area contributed by atoms with Crippen LogP contribution < -0.4 is 5.73 Å². The lowest BCUT2D eigenvalue weighted by atomic mass is 9.99. The molecule has 0 amide bonds. The fraction of sp³-hybridized carbons (Fsp3) is 0.357. The highest BCUT2D eigenvalue weighted by atomic mass is 15.3. The second-order valence-electron chi connectivity index (χ2n) is 4.52. The molecule has 0 aliphatic carbocycles. The minimum Gasteiger partial charge on any atom is -0.370 e. The Kier molecular flexibility index (Phi) is 3.18. The zero-order valence-corrected chi connectivity index (χ0v) is 10.5. The smallest absolute Gasteiger partial charge is 0.192 e. The molecule has 3 nitrogen and oxygen atoms in total. The summed E-state index contributed by atoms with van der Waals surface area (Å²) < 4.78 is 0. The van der Waals surface area contributed by atoms with Gasteiger partial charge in [0.2, 0.25) is 0 Å². The van der Waals surface area contributed by atoms with E-state index in [2.05, 4.69) is 48.5 Å². The van der Waals surface area contributed by atoms with Crippen LogP contribution in [-0.4, -0.2) is 23.9 Å². The summed E-state index contributed by atoms with van der Waals surface area (Å²) in [7, 11) is 0. The number of benzene rings is 1. The van der Waals surface area contributed by atoms with Gasteiger partial charge >= 0.3 is 0 Å². The van der Waals surface area contributed by atoms with Gasteiger partial charge in [0, 0.05) is 6.54 Å². The van der Waals surface area contributed by atoms with Crippen LogP contribution in [0.3, 0.4) is 0 Å². The van der Waals surface area contributed by atoms with Gasteiger partial charge in [-0.05, 0) is 25.0 Å². The quantitative estimate of drug-likeness (QED) is 0.807. The van der Waals surface area contributed by atoms with Crippen LogP contribution >= 0.6 is 0 Å². The summed E-state index contributed by atoms with van der Waals surface area (Å²) in [6, 6.07) is 6.78. The number of guanidine groups is 1. The second kappa shape index (κ2) is 4.62. The summed E-state index contributed by atoms with van der Waals surface area (Å²) in [6.07, 6.45) is 1.87. The number of hydrogen-bond acceptors (Lipinski definition) is 3. The van der Waals surface area contributed by atoms with E-state index in [1.165, 1.54) is 16.7 Å². The molecule has 0 aromatic heterocycles. The van der Waals surface area contributed by atoms with Crippen LogP contribution in [0.15, 0.2) is 35.8 Å². The highest BCUT2D eigenvalue weighted by molar-refractivity contribution is 5.80. The molecule has 1 aliphatic heterocycles. The van der Waals surface area contributed by atoms with Gasteiger partial charge in [-0.2, -0.15) is 0 Å². The van der Waals surface area contributed by atoms with Crippen LogP contribution in [0.25, 0.3) is 0 Å². The van der Waals surface area contributed by atoms with Crippen LogP contribution in [-0.2, 0) is 0 Å². The first-order chi connectivity index (χ1) is 8.13. The molecule has 0 fully saturated rings. The van der Waals surface area contributed by atoms with E-state index in [0.29, 0.717) is 5.96 Å². The minimum absolute atomic E-state index is 0.258. The zero-order chi connectivity index (χ0) is 12.4. The monoisotopic (exact) mass is 229 g/mol. The normalized spacial score (nSPS) is 19.3. The molecule has 3 heteroatoms. The molecule has 0 radical (unpaired) electrons.